The number of nitrogens with one attached hydrogen (secondary N) is 1. The summed E-state index contributed by atoms with van der Waals surface area (Å²) in [6.45, 7) is 0. The second-order valence-corrected chi connectivity index (χ2v) is 5.60. The molecule has 5 nitrogen and oxygen atoms in total. The summed E-state index contributed by atoms with van der Waals surface area (Å²) in [6.07, 6.45) is 4.63. The van der Waals surface area contributed by atoms with Crippen LogP contribution in [0.4, 0.5) is 0 Å². The molecular formula is C16H22N2O3. The van der Waals surface area contributed by atoms with Gasteiger partial charge in [0.05, 0.1) is 5.92 Å². The number of carbonyl (C=O) groups excluding carboxylic acids is 1. The van der Waals surface area contributed by atoms with Crippen LogP contribution in [0.5, 0.6) is 0 Å². The summed E-state index contributed by atoms with van der Waals surface area (Å²) in [5, 5.41) is 12.0. The van der Waals surface area contributed by atoms with Gasteiger partial charge in [-0.3, -0.25) is 4.79 Å². The third-order valence-corrected chi connectivity index (χ3v) is 4.07. The Kier molecular flexibility index (Phi) is 5.33. The summed E-state index contributed by atoms with van der Waals surface area (Å²) in [4.78, 5) is 23.8. The number of carbonyl (C=O) groups is 2. The van der Waals surface area contributed by atoms with Gasteiger partial charge >= 0.3 is 5.97 Å². The number of amides is 1. The Bertz CT molecular complexity index is 490. The number of carboxylic acid groups (broad SMARTS) is 1. The lowest BCUT2D eigenvalue weighted by Gasteiger charge is -2.23. The van der Waals surface area contributed by atoms with Crippen LogP contribution in [0, 0.1) is 5.92 Å². The lowest BCUT2D eigenvalue weighted by atomic mass is 9.94. The number of nitrogens with two attached hydrogens (primary N) is 1. The average molecular weight is 290 g/mol. The zero-order valence-corrected chi connectivity index (χ0v) is 12.0. The van der Waals surface area contributed by atoms with Crippen molar-refractivity contribution in [3.05, 3.63) is 35.9 Å². The monoisotopic (exact) mass is 290 g/mol. The molecule has 0 aromatic heterocycles. The van der Waals surface area contributed by atoms with Gasteiger partial charge in [0, 0.05) is 6.04 Å². The van der Waals surface area contributed by atoms with E-state index in [9.17, 15) is 14.7 Å². The minimum Gasteiger partial charge on any atom is -0.479 e. The van der Waals surface area contributed by atoms with Gasteiger partial charge in [-0.25, -0.2) is 4.79 Å². The summed E-state index contributed by atoms with van der Waals surface area (Å²) >= 11 is 0. The van der Waals surface area contributed by atoms with Gasteiger partial charge in [-0.05, 0) is 18.4 Å². The van der Waals surface area contributed by atoms with Crippen LogP contribution in [0.25, 0.3) is 0 Å². The van der Waals surface area contributed by atoms with E-state index in [2.05, 4.69) is 5.32 Å². The third-order valence-electron chi connectivity index (χ3n) is 4.07. The zero-order chi connectivity index (χ0) is 15.2. The van der Waals surface area contributed by atoms with Gasteiger partial charge in [0.15, 0.2) is 6.04 Å². The fraction of sp³-hybridized carbons (Fsp3) is 0.500. The minimum absolute atomic E-state index is 0.183. The topological polar surface area (TPSA) is 92.4 Å². The predicted octanol–water partition coefficient (Wildman–Crippen LogP) is 1.84. The second kappa shape index (κ2) is 7.22. The van der Waals surface area contributed by atoms with Crippen LogP contribution < -0.4 is 11.1 Å². The largest absolute Gasteiger partial charge is 0.479 e. The SMILES string of the molecule is NC1CCCCCC1C(=O)N[C@H](C(=O)O)c1ccccc1. The summed E-state index contributed by atoms with van der Waals surface area (Å²) in [5.74, 6) is -1.60. The van der Waals surface area contributed by atoms with Crippen molar-refractivity contribution >= 4 is 11.9 Å². The van der Waals surface area contributed by atoms with E-state index in [0.717, 1.165) is 32.1 Å². The summed E-state index contributed by atoms with van der Waals surface area (Å²) < 4.78 is 0. The van der Waals surface area contributed by atoms with Crippen LogP contribution in [-0.2, 0) is 9.59 Å². The van der Waals surface area contributed by atoms with Crippen LogP contribution in [0.15, 0.2) is 30.3 Å². The maximum Gasteiger partial charge on any atom is 0.330 e. The van der Waals surface area contributed by atoms with Crippen LogP contribution >= 0.6 is 0 Å². The van der Waals surface area contributed by atoms with Crippen molar-refractivity contribution in [2.45, 2.75) is 44.2 Å². The lowest BCUT2D eigenvalue weighted by molar-refractivity contribution is -0.142. The normalized spacial score (nSPS) is 23.9. The Morgan fingerprint density at radius 1 is 1.14 bits per heavy atom. The van der Waals surface area contributed by atoms with Crippen molar-refractivity contribution in [2.24, 2.45) is 11.7 Å². The Hall–Kier alpha value is -1.88. The van der Waals surface area contributed by atoms with E-state index in [0.29, 0.717) is 5.56 Å². The summed E-state index contributed by atoms with van der Waals surface area (Å²) in [5.41, 5.74) is 6.63. The minimum atomic E-state index is -1.06. The Morgan fingerprint density at radius 2 is 1.81 bits per heavy atom. The van der Waals surface area contributed by atoms with Crippen molar-refractivity contribution in [3.8, 4) is 0 Å². The van der Waals surface area contributed by atoms with E-state index in [-0.39, 0.29) is 17.9 Å². The summed E-state index contributed by atoms with van der Waals surface area (Å²) in [6, 6.07) is 7.53. The highest BCUT2D eigenvalue weighted by Crippen LogP contribution is 2.23. The number of rotatable bonds is 4. The highest BCUT2D eigenvalue weighted by atomic mass is 16.4. The molecule has 4 N–H and O–H groups in total. The van der Waals surface area contributed by atoms with Gasteiger partial charge in [-0.2, -0.15) is 0 Å². The Labute approximate surface area is 124 Å². The summed E-state index contributed by atoms with van der Waals surface area (Å²) in [7, 11) is 0. The molecule has 1 aliphatic carbocycles. The van der Waals surface area contributed by atoms with Gasteiger partial charge in [0.1, 0.15) is 0 Å². The maximum atomic E-state index is 12.4. The molecule has 0 saturated heterocycles. The van der Waals surface area contributed by atoms with Crippen molar-refractivity contribution in [1.82, 2.24) is 5.32 Å². The van der Waals surface area contributed by atoms with Gasteiger partial charge in [0.25, 0.3) is 0 Å². The first kappa shape index (κ1) is 15.5. The molecule has 1 aromatic rings. The molecule has 0 spiro atoms. The highest BCUT2D eigenvalue weighted by Gasteiger charge is 2.30. The molecule has 2 unspecified atom stereocenters. The number of hydrogen-bond acceptors (Lipinski definition) is 3. The van der Waals surface area contributed by atoms with Crippen molar-refractivity contribution in [2.75, 3.05) is 0 Å². The van der Waals surface area contributed by atoms with E-state index >= 15 is 0 Å². The molecule has 1 fully saturated rings. The molecule has 1 saturated carbocycles. The van der Waals surface area contributed by atoms with Crippen molar-refractivity contribution < 1.29 is 14.7 Å². The molecule has 5 heteroatoms. The maximum absolute atomic E-state index is 12.4. The van der Waals surface area contributed by atoms with Gasteiger partial charge in [0.2, 0.25) is 5.91 Å². The lowest BCUT2D eigenvalue weighted by Crippen LogP contribution is -2.44. The average Bonchev–Trinajstić information content (AvgIpc) is 2.69. The molecule has 0 heterocycles. The number of hydrogen-bond donors (Lipinski definition) is 3. The first-order valence-electron chi connectivity index (χ1n) is 7.43. The van der Waals surface area contributed by atoms with Gasteiger partial charge in [-0.15, -0.1) is 0 Å². The molecule has 0 aliphatic heterocycles. The van der Waals surface area contributed by atoms with E-state index in [1.165, 1.54) is 0 Å². The third kappa shape index (κ3) is 4.04. The van der Waals surface area contributed by atoms with Crippen LogP contribution in [0.2, 0.25) is 0 Å². The van der Waals surface area contributed by atoms with Crippen LogP contribution in [0.1, 0.15) is 43.7 Å². The molecule has 3 atom stereocenters. The van der Waals surface area contributed by atoms with E-state index < -0.39 is 12.0 Å². The van der Waals surface area contributed by atoms with Crippen molar-refractivity contribution in [3.63, 3.8) is 0 Å². The van der Waals surface area contributed by atoms with Crippen molar-refractivity contribution in [1.29, 1.82) is 0 Å². The second-order valence-electron chi connectivity index (χ2n) is 5.60. The van der Waals surface area contributed by atoms with E-state index in [1.54, 1.807) is 24.3 Å². The molecular weight excluding hydrogens is 268 g/mol. The number of carboxylic acids is 1. The Balaban J connectivity index is 2.09. The van der Waals surface area contributed by atoms with E-state index in [4.69, 9.17) is 5.73 Å². The molecule has 1 aromatic carbocycles. The van der Waals surface area contributed by atoms with Gasteiger partial charge in [-0.1, -0.05) is 49.6 Å². The quantitative estimate of drug-likeness (QED) is 0.738. The molecule has 0 bridgehead atoms. The van der Waals surface area contributed by atoms with E-state index in [1.807, 2.05) is 6.07 Å². The van der Waals surface area contributed by atoms with Gasteiger partial charge < -0.3 is 16.2 Å². The molecule has 0 radical (unpaired) electrons. The first-order chi connectivity index (χ1) is 10.1. The fourth-order valence-electron chi connectivity index (χ4n) is 2.84. The van der Waals surface area contributed by atoms with Crippen LogP contribution in [0.3, 0.4) is 0 Å². The number of aliphatic carboxylic acids is 1. The Morgan fingerprint density at radius 3 is 2.48 bits per heavy atom. The zero-order valence-electron chi connectivity index (χ0n) is 12.0. The molecule has 2 rings (SSSR count). The molecule has 114 valence electrons. The predicted molar refractivity (Wildman–Crippen MR) is 79.5 cm³/mol. The molecule has 1 aliphatic rings. The molecule has 21 heavy (non-hydrogen) atoms. The molecule has 1 amide bonds. The standard InChI is InChI=1S/C16H22N2O3/c17-13-10-6-2-5-9-12(13)15(19)18-14(16(20)21)11-7-3-1-4-8-11/h1,3-4,7-8,12-14H,2,5-6,9-10,17H2,(H,18,19)(H,20,21)/t12?,13?,14-/m0/s1. The first-order valence-corrected chi connectivity index (χ1v) is 7.43. The fourth-order valence-corrected chi connectivity index (χ4v) is 2.84. The highest BCUT2D eigenvalue weighted by molar-refractivity contribution is 5.86. The smallest absolute Gasteiger partial charge is 0.330 e. The number of benzene rings is 1. The van der Waals surface area contributed by atoms with Crippen LogP contribution in [-0.4, -0.2) is 23.0 Å².